The molecule has 6 nitrogen and oxygen atoms in total. The number of anilines is 1. The number of rotatable bonds is 4. The fraction of sp³-hybridized carbons (Fsp3) is 0.700. The predicted molar refractivity (Wildman–Crippen MR) is 103 cm³/mol. The van der Waals surface area contributed by atoms with Crippen molar-refractivity contribution in [3.05, 3.63) is 24.4 Å². The summed E-state index contributed by atoms with van der Waals surface area (Å²) in [6, 6.07) is 6.63. The molecular weight excluding hydrogens is 328 g/mol. The summed E-state index contributed by atoms with van der Waals surface area (Å²) in [4.78, 5) is 23.8. The number of hydrogen-bond acceptors (Lipinski definition) is 6. The summed E-state index contributed by atoms with van der Waals surface area (Å²) in [5.41, 5.74) is -0.409. The van der Waals surface area contributed by atoms with Gasteiger partial charge in [0, 0.05) is 45.0 Å². The van der Waals surface area contributed by atoms with E-state index in [0.717, 1.165) is 51.5 Å². The van der Waals surface area contributed by atoms with Gasteiger partial charge in [-0.15, -0.1) is 0 Å². The molecule has 2 aliphatic rings. The van der Waals surface area contributed by atoms with Gasteiger partial charge in [-0.25, -0.2) is 4.98 Å². The zero-order valence-electron chi connectivity index (χ0n) is 16.4. The van der Waals surface area contributed by atoms with E-state index in [9.17, 15) is 4.79 Å². The van der Waals surface area contributed by atoms with Crippen molar-refractivity contribution in [3.63, 3.8) is 0 Å². The maximum atomic E-state index is 12.1. The average molecular weight is 361 g/mol. The van der Waals surface area contributed by atoms with Crippen LogP contribution in [0.25, 0.3) is 0 Å². The lowest BCUT2D eigenvalue weighted by Crippen LogP contribution is -2.55. The Morgan fingerprint density at radius 3 is 2.62 bits per heavy atom. The fourth-order valence-corrected chi connectivity index (χ4v) is 3.89. The first-order valence-corrected chi connectivity index (χ1v) is 9.75. The van der Waals surface area contributed by atoms with Crippen LogP contribution in [0.5, 0.6) is 0 Å². The Hall–Kier alpha value is -1.66. The summed E-state index contributed by atoms with van der Waals surface area (Å²) in [5.74, 6) is 0.959. The highest BCUT2D eigenvalue weighted by Crippen LogP contribution is 2.20. The molecule has 2 saturated heterocycles. The van der Waals surface area contributed by atoms with Gasteiger partial charge in [0.05, 0.1) is 6.54 Å². The number of likely N-dealkylation sites (tertiary alicyclic amines) is 1. The fourth-order valence-electron chi connectivity index (χ4n) is 3.89. The maximum Gasteiger partial charge on any atom is 0.320 e. The topological polar surface area (TPSA) is 48.9 Å². The minimum atomic E-state index is -0.409. The highest BCUT2D eigenvalue weighted by molar-refractivity contribution is 5.72. The van der Waals surface area contributed by atoms with Crippen LogP contribution >= 0.6 is 0 Å². The minimum Gasteiger partial charge on any atom is -0.459 e. The Kier molecular flexibility index (Phi) is 6.14. The van der Waals surface area contributed by atoms with Gasteiger partial charge in [-0.1, -0.05) is 6.07 Å². The molecular formula is C20H32N4O2. The van der Waals surface area contributed by atoms with Crippen LogP contribution in [0.2, 0.25) is 0 Å². The molecule has 144 valence electrons. The summed E-state index contributed by atoms with van der Waals surface area (Å²) in [5, 5.41) is 0. The van der Waals surface area contributed by atoms with Crippen molar-refractivity contribution in [2.24, 2.45) is 0 Å². The molecule has 1 unspecified atom stereocenters. The Balaban J connectivity index is 1.47. The second kappa shape index (κ2) is 8.35. The molecule has 6 heteroatoms. The SMILES string of the molecule is CC(C)(C)OC(=O)CN1CCCC(N2CCN(c3ccccn3)CC2)C1. The molecule has 1 aromatic heterocycles. The van der Waals surface area contributed by atoms with E-state index < -0.39 is 5.60 Å². The molecule has 1 aromatic rings. The largest absolute Gasteiger partial charge is 0.459 e. The molecule has 0 radical (unpaired) electrons. The van der Waals surface area contributed by atoms with Gasteiger partial charge in [0.15, 0.2) is 0 Å². The number of pyridine rings is 1. The van der Waals surface area contributed by atoms with E-state index in [1.165, 1.54) is 6.42 Å². The van der Waals surface area contributed by atoms with Crippen molar-refractivity contribution in [1.82, 2.24) is 14.8 Å². The molecule has 0 N–H and O–H groups in total. The van der Waals surface area contributed by atoms with Crippen LogP contribution in [0.4, 0.5) is 5.82 Å². The summed E-state index contributed by atoms with van der Waals surface area (Å²) < 4.78 is 5.48. The van der Waals surface area contributed by atoms with Crippen LogP contribution in [0, 0.1) is 0 Å². The molecule has 3 heterocycles. The highest BCUT2D eigenvalue weighted by atomic mass is 16.6. The predicted octanol–water partition coefficient (Wildman–Crippen LogP) is 2.01. The molecule has 0 bridgehead atoms. The molecule has 0 aromatic carbocycles. The molecule has 0 saturated carbocycles. The summed E-state index contributed by atoms with van der Waals surface area (Å²) in [7, 11) is 0. The van der Waals surface area contributed by atoms with Gasteiger partial charge in [-0.05, 0) is 52.3 Å². The lowest BCUT2D eigenvalue weighted by atomic mass is 10.0. The number of carbonyl (C=O) groups excluding carboxylic acids is 1. The third kappa shape index (κ3) is 5.42. The molecule has 0 aliphatic carbocycles. The molecule has 0 spiro atoms. The van der Waals surface area contributed by atoms with E-state index in [4.69, 9.17) is 4.74 Å². The maximum absolute atomic E-state index is 12.1. The van der Waals surface area contributed by atoms with E-state index in [1.54, 1.807) is 0 Å². The Morgan fingerprint density at radius 1 is 1.19 bits per heavy atom. The number of esters is 1. The van der Waals surface area contributed by atoms with Gasteiger partial charge in [0.25, 0.3) is 0 Å². The van der Waals surface area contributed by atoms with E-state index in [-0.39, 0.29) is 5.97 Å². The summed E-state index contributed by atoms with van der Waals surface area (Å²) in [6.07, 6.45) is 4.22. The molecule has 3 rings (SSSR count). The molecule has 2 aliphatic heterocycles. The summed E-state index contributed by atoms with van der Waals surface area (Å²) in [6.45, 7) is 12.3. The van der Waals surface area contributed by atoms with E-state index in [1.807, 2.05) is 39.1 Å². The van der Waals surface area contributed by atoms with E-state index in [0.29, 0.717) is 12.6 Å². The van der Waals surface area contributed by atoms with Gasteiger partial charge in [0.1, 0.15) is 11.4 Å². The van der Waals surface area contributed by atoms with Crippen LogP contribution in [0.3, 0.4) is 0 Å². The Bertz CT molecular complexity index is 579. The molecule has 1 atom stereocenters. The quantitative estimate of drug-likeness (QED) is 0.766. The van der Waals surface area contributed by atoms with Crippen LogP contribution in [0.15, 0.2) is 24.4 Å². The van der Waals surface area contributed by atoms with Crippen molar-refractivity contribution in [3.8, 4) is 0 Å². The van der Waals surface area contributed by atoms with E-state index in [2.05, 4.69) is 25.8 Å². The van der Waals surface area contributed by atoms with Crippen LogP contribution < -0.4 is 4.90 Å². The Morgan fingerprint density at radius 2 is 1.96 bits per heavy atom. The van der Waals surface area contributed by atoms with Crippen molar-refractivity contribution in [2.45, 2.75) is 45.3 Å². The van der Waals surface area contributed by atoms with Crippen LogP contribution in [-0.4, -0.2) is 78.2 Å². The number of aromatic nitrogens is 1. The van der Waals surface area contributed by atoms with Crippen LogP contribution in [-0.2, 0) is 9.53 Å². The Labute approximate surface area is 157 Å². The molecule has 26 heavy (non-hydrogen) atoms. The van der Waals surface area contributed by atoms with Crippen molar-refractivity contribution >= 4 is 11.8 Å². The highest BCUT2D eigenvalue weighted by Gasteiger charge is 2.29. The lowest BCUT2D eigenvalue weighted by Gasteiger charge is -2.43. The second-order valence-corrected chi connectivity index (χ2v) is 8.33. The van der Waals surface area contributed by atoms with Crippen molar-refractivity contribution in [1.29, 1.82) is 0 Å². The number of piperidine rings is 1. The first kappa shape index (κ1) is 19.1. The first-order valence-electron chi connectivity index (χ1n) is 9.75. The second-order valence-electron chi connectivity index (χ2n) is 8.33. The molecule has 0 amide bonds. The lowest BCUT2D eigenvalue weighted by molar-refractivity contribution is -0.156. The number of hydrogen-bond donors (Lipinski definition) is 0. The third-order valence-corrected chi connectivity index (χ3v) is 5.06. The number of piperazine rings is 1. The number of carbonyl (C=O) groups is 1. The van der Waals surface area contributed by atoms with Gasteiger partial charge in [-0.2, -0.15) is 0 Å². The van der Waals surface area contributed by atoms with Gasteiger partial charge in [-0.3, -0.25) is 14.6 Å². The number of ether oxygens (including phenoxy) is 1. The van der Waals surface area contributed by atoms with Crippen molar-refractivity contribution in [2.75, 3.05) is 50.7 Å². The minimum absolute atomic E-state index is 0.113. The third-order valence-electron chi connectivity index (χ3n) is 5.06. The zero-order chi connectivity index (χ0) is 18.6. The smallest absolute Gasteiger partial charge is 0.320 e. The zero-order valence-corrected chi connectivity index (χ0v) is 16.4. The van der Waals surface area contributed by atoms with E-state index >= 15 is 0 Å². The van der Waals surface area contributed by atoms with Gasteiger partial charge >= 0.3 is 5.97 Å². The average Bonchev–Trinajstić information content (AvgIpc) is 2.61. The van der Waals surface area contributed by atoms with Gasteiger partial charge < -0.3 is 9.64 Å². The normalized spacial score (nSPS) is 23.0. The standard InChI is InChI=1S/C20H32N4O2/c1-20(2,3)26-19(25)16-22-10-6-7-17(15-22)23-11-13-24(14-12-23)18-8-4-5-9-21-18/h4-5,8-9,17H,6-7,10-16H2,1-3H3. The first-order chi connectivity index (χ1) is 12.4. The summed E-state index contributed by atoms with van der Waals surface area (Å²) >= 11 is 0. The van der Waals surface area contributed by atoms with Crippen LogP contribution in [0.1, 0.15) is 33.6 Å². The van der Waals surface area contributed by atoms with Gasteiger partial charge in [0.2, 0.25) is 0 Å². The number of nitrogens with zero attached hydrogens (tertiary/aromatic N) is 4. The monoisotopic (exact) mass is 360 g/mol. The van der Waals surface area contributed by atoms with Crippen molar-refractivity contribution < 1.29 is 9.53 Å². The molecule has 2 fully saturated rings.